The number of aliphatic hydroxyl groups is 2. The number of amides is 2. The van der Waals surface area contributed by atoms with E-state index >= 15 is 0 Å². The Morgan fingerprint density at radius 1 is 1.42 bits per heavy atom. The third-order valence-electron chi connectivity index (χ3n) is 5.59. The molecule has 0 saturated carbocycles. The van der Waals surface area contributed by atoms with E-state index in [-0.39, 0.29) is 30.9 Å². The molecule has 2 aliphatic heterocycles. The van der Waals surface area contributed by atoms with Gasteiger partial charge in [-0.2, -0.15) is 0 Å². The zero-order chi connectivity index (χ0) is 18.9. The lowest BCUT2D eigenvalue weighted by Crippen LogP contribution is -2.43. The van der Waals surface area contributed by atoms with Crippen molar-refractivity contribution in [3.05, 3.63) is 42.0 Å². The molecule has 2 amide bonds. The van der Waals surface area contributed by atoms with Gasteiger partial charge in [-0.3, -0.25) is 9.59 Å². The van der Waals surface area contributed by atoms with Crippen LogP contribution < -0.4 is 4.90 Å². The number of para-hydroxylation sites is 1. The van der Waals surface area contributed by atoms with Crippen LogP contribution in [0.5, 0.6) is 0 Å². The number of fused-ring (bicyclic) bond motifs is 1. The predicted octanol–water partition coefficient (Wildman–Crippen LogP) is 1.42. The summed E-state index contributed by atoms with van der Waals surface area (Å²) in [7, 11) is 1.65. The lowest BCUT2D eigenvalue weighted by atomic mass is 9.83. The van der Waals surface area contributed by atoms with E-state index in [1.165, 1.54) is 4.90 Å². The second-order valence-electron chi connectivity index (χ2n) is 7.13. The number of likely N-dealkylation sites (N-methyl/N-ethyl adjacent to an activating group) is 1. The van der Waals surface area contributed by atoms with Crippen LogP contribution in [-0.4, -0.2) is 53.2 Å². The molecule has 6 nitrogen and oxygen atoms in total. The molecule has 0 bridgehead atoms. The number of anilines is 1. The molecular formula is C20H26N2O4. The summed E-state index contributed by atoms with van der Waals surface area (Å²) in [5.74, 6) is -0.865. The van der Waals surface area contributed by atoms with Crippen molar-refractivity contribution in [2.75, 3.05) is 25.1 Å². The number of likely N-dealkylation sites (tertiary alicyclic amines) is 1. The van der Waals surface area contributed by atoms with E-state index in [0.717, 1.165) is 12.8 Å². The van der Waals surface area contributed by atoms with E-state index in [1.54, 1.807) is 43.2 Å². The van der Waals surface area contributed by atoms with E-state index in [4.69, 9.17) is 0 Å². The molecule has 3 rings (SSSR count). The Balaban J connectivity index is 1.71. The Kier molecular flexibility index (Phi) is 5.16. The third kappa shape index (κ3) is 2.93. The normalized spacial score (nSPS) is 26.6. The predicted molar refractivity (Wildman–Crippen MR) is 98.5 cm³/mol. The van der Waals surface area contributed by atoms with Gasteiger partial charge in [0.1, 0.15) is 0 Å². The molecule has 2 aliphatic rings. The molecule has 2 heterocycles. The minimum atomic E-state index is -1.62. The second kappa shape index (κ2) is 7.21. The Labute approximate surface area is 153 Å². The maximum Gasteiger partial charge on any atom is 0.264 e. The van der Waals surface area contributed by atoms with E-state index in [0.29, 0.717) is 17.8 Å². The SMILES string of the molecule is C[C@H](/C=C/CC(=O)N1CCC[C@H]1CO)[C@@]1(O)C(=O)N(C)c2ccccc21. The minimum Gasteiger partial charge on any atom is -0.394 e. The van der Waals surface area contributed by atoms with Gasteiger partial charge in [0, 0.05) is 31.5 Å². The number of carbonyl (C=O) groups is 2. The fourth-order valence-electron chi connectivity index (χ4n) is 3.99. The molecule has 1 fully saturated rings. The minimum absolute atomic E-state index is 0.0107. The summed E-state index contributed by atoms with van der Waals surface area (Å²) >= 11 is 0. The smallest absolute Gasteiger partial charge is 0.264 e. The molecule has 2 N–H and O–H groups in total. The summed E-state index contributed by atoms with van der Waals surface area (Å²) in [6.45, 7) is 2.44. The Morgan fingerprint density at radius 3 is 2.88 bits per heavy atom. The van der Waals surface area contributed by atoms with Crippen molar-refractivity contribution in [2.24, 2.45) is 5.92 Å². The molecule has 0 radical (unpaired) electrons. The molecule has 6 heteroatoms. The van der Waals surface area contributed by atoms with Gasteiger partial charge in [0.25, 0.3) is 5.91 Å². The quantitative estimate of drug-likeness (QED) is 0.780. The molecule has 0 aliphatic carbocycles. The Morgan fingerprint density at radius 2 is 2.15 bits per heavy atom. The monoisotopic (exact) mass is 358 g/mol. The number of hydrogen-bond donors (Lipinski definition) is 2. The van der Waals surface area contributed by atoms with Gasteiger partial charge in [-0.25, -0.2) is 0 Å². The summed E-state index contributed by atoms with van der Waals surface area (Å²) in [4.78, 5) is 28.2. The molecule has 0 aromatic heterocycles. The van der Waals surface area contributed by atoms with Crippen LogP contribution in [0.1, 0.15) is 31.7 Å². The maximum absolute atomic E-state index is 12.7. The highest BCUT2D eigenvalue weighted by Crippen LogP contribution is 2.44. The van der Waals surface area contributed by atoms with E-state index in [9.17, 15) is 19.8 Å². The van der Waals surface area contributed by atoms with Crippen molar-refractivity contribution in [1.82, 2.24) is 4.90 Å². The van der Waals surface area contributed by atoms with Crippen molar-refractivity contribution >= 4 is 17.5 Å². The molecule has 0 spiro atoms. The molecule has 1 aromatic rings. The zero-order valence-corrected chi connectivity index (χ0v) is 15.3. The molecule has 3 atom stereocenters. The summed E-state index contributed by atoms with van der Waals surface area (Å²) < 4.78 is 0. The van der Waals surface area contributed by atoms with E-state index in [2.05, 4.69) is 0 Å². The van der Waals surface area contributed by atoms with Crippen LogP contribution in [0.15, 0.2) is 36.4 Å². The lowest BCUT2D eigenvalue weighted by Gasteiger charge is -2.27. The van der Waals surface area contributed by atoms with Crippen LogP contribution in [0.2, 0.25) is 0 Å². The highest BCUT2D eigenvalue weighted by Gasteiger charge is 2.51. The van der Waals surface area contributed by atoms with Gasteiger partial charge in [-0.05, 0) is 18.9 Å². The fraction of sp³-hybridized carbons (Fsp3) is 0.500. The molecule has 0 unspecified atom stereocenters. The number of aliphatic hydroxyl groups excluding tert-OH is 1. The first kappa shape index (κ1) is 18.6. The number of carbonyl (C=O) groups excluding carboxylic acids is 2. The number of nitrogens with zero attached hydrogens (tertiary/aromatic N) is 2. The van der Waals surface area contributed by atoms with Gasteiger partial charge in [0.2, 0.25) is 5.91 Å². The molecule has 1 saturated heterocycles. The lowest BCUT2D eigenvalue weighted by molar-refractivity contribution is -0.139. The number of rotatable bonds is 5. The van der Waals surface area contributed by atoms with Crippen LogP contribution in [-0.2, 0) is 15.2 Å². The Hall–Kier alpha value is -2.18. The van der Waals surface area contributed by atoms with Crippen molar-refractivity contribution in [1.29, 1.82) is 0 Å². The van der Waals surface area contributed by atoms with Crippen LogP contribution in [0.25, 0.3) is 0 Å². The summed E-state index contributed by atoms with van der Waals surface area (Å²) in [6.07, 6.45) is 5.39. The van der Waals surface area contributed by atoms with E-state index in [1.807, 2.05) is 12.1 Å². The molecular weight excluding hydrogens is 332 g/mol. The second-order valence-corrected chi connectivity index (χ2v) is 7.13. The molecule has 26 heavy (non-hydrogen) atoms. The first-order chi connectivity index (χ1) is 12.4. The summed E-state index contributed by atoms with van der Waals surface area (Å²) in [5.41, 5.74) is -0.318. The topological polar surface area (TPSA) is 81.1 Å². The highest BCUT2D eigenvalue weighted by molar-refractivity contribution is 6.06. The van der Waals surface area contributed by atoms with Crippen molar-refractivity contribution < 1.29 is 19.8 Å². The maximum atomic E-state index is 12.7. The van der Waals surface area contributed by atoms with Crippen LogP contribution in [0, 0.1) is 5.92 Å². The van der Waals surface area contributed by atoms with Gasteiger partial charge >= 0.3 is 0 Å². The first-order valence-electron chi connectivity index (χ1n) is 9.08. The average Bonchev–Trinajstić information content (AvgIpc) is 3.21. The molecule has 1 aromatic carbocycles. The fourth-order valence-corrected chi connectivity index (χ4v) is 3.99. The van der Waals surface area contributed by atoms with E-state index < -0.39 is 11.5 Å². The number of benzene rings is 1. The van der Waals surface area contributed by atoms with Crippen LogP contribution in [0.4, 0.5) is 5.69 Å². The summed E-state index contributed by atoms with van der Waals surface area (Å²) in [5, 5.41) is 20.5. The third-order valence-corrected chi connectivity index (χ3v) is 5.59. The van der Waals surface area contributed by atoms with Gasteiger partial charge in [-0.15, -0.1) is 0 Å². The standard InChI is InChI=1S/C20H26N2O4/c1-14(7-5-11-18(24)22-12-6-8-15(22)13-23)20(26)16-9-3-4-10-17(16)21(2)19(20)25/h3-5,7,9-10,14-15,23,26H,6,8,11-13H2,1-2H3/b7-5+/t14-,15+,20+/m1/s1. The average molecular weight is 358 g/mol. The number of hydrogen-bond acceptors (Lipinski definition) is 4. The largest absolute Gasteiger partial charge is 0.394 e. The van der Waals surface area contributed by atoms with Gasteiger partial charge < -0.3 is 20.0 Å². The van der Waals surface area contributed by atoms with Crippen molar-refractivity contribution in [3.8, 4) is 0 Å². The van der Waals surface area contributed by atoms with Crippen LogP contribution in [0.3, 0.4) is 0 Å². The van der Waals surface area contributed by atoms with Crippen LogP contribution >= 0.6 is 0 Å². The van der Waals surface area contributed by atoms with Gasteiger partial charge in [0.05, 0.1) is 18.3 Å². The van der Waals surface area contributed by atoms with Gasteiger partial charge in [-0.1, -0.05) is 37.3 Å². The molecule has 140 valence electrons. The van der Waals surface area contributed by atoms with Crippen molar-refractivity contribution in [3.63, 3.8) is 0 Å². The Bertz CT molecular complexity index is 732. The summed E-state index contributed by atoms with van der Waals surface area (Å²) in [6, 6.07) is 7.13. The highest BCUT2D eigenvalue weighted by atomic mass is 16.3. The first-order valence-corrected chi connectivity index (χ1v) is 9.08. The van der Waals surface area contributed by atoms with Crippen molar-refractivity contribution in [2.45, 2.75) is 37.8 Å². The van der Waals surface area contributed by atoms with Gasteiger partial charge in [0.15, 0.2) is 5.60 Å². The zero-order valence-electron chi connectivity index (χ0n) is 15.3.